The Hall–Kier alpha value is -2.42. The standard InChI is InChI=1S/C18H20ClN3O4S/c19-14-8-4-5-9-16(14)27(25,26)21-11-10-17(23)22-15(18(20)24)12-13-6-2-1-3-7-13/h1-9,15,21H,10-12H2,(H2,20,24)(H,22,23). The van der Waals surface area contributed by atoms with Crippen LogP contribution in [0.3, 0.4) is 0 Å². The predicted molar refractivity (Wildman–Crippen MR) is 103 cm³/mol. The topological polar surface area (TPSA) is 118 Å². The molecule has 0 spiro atoms. The van der Waals surface area contributed by atoms with Crippen LogP contribution in [0.25, 0.3) is 0 Å². The Morgan fingerprint density at radius 1 is 1.04 bits per heavy atom. The highest BCUT2D eigenvalue weighted by atomic mass is 35.5. The van der Waals surface area contributed by atoms with Crippen molar-refractivity contribution in [3.8, 4) is 0 Å². The lowest BCUT2D eigenvalue weighted by atomic mass is 10.1. The number of primary amides is 1. The number of nitrogens with one attached hydrogen (secondary N) is 2. The van der Waals surface area contributed by atoms with Crippen molar-refractivity contribution in [2.24, 2.45) is 5.73 Å². The zero-order valence-corrected chi connectivity index (χ0v) is 16.0. The van der Waals surface area contributed by atoms with Crippen LogP contribution in [0.5, 0.6) is 0 Å². The molecule has 1 unspecified atom stereocenters. The number of nitrogens with two attached hydrogens (primary N) is 1. The molecule has 9 heteroatoms. The van der Waals surface area contributed by atoms with E-state index in [0.29, 0.717) is 0 Å². The summed E-state index contributed by atoms with van der Waals surface area (Å²) >= 11 is 5.88. The second kappa shape index (κ2) is 9.50. The summed E-state index contributed by atoms with van der Waals surface area (Å²) in [7, 11) is -3.83. The Bertz CT molecular complexity index is 904. The van der Waals surface area contributed by atoms with E-state index in [1.807, 2.05) is 30.3 Å². The number of carbonyl (C=O) groups excluding carboxylic acids is 2. The Labute approximate surface area is 163 Å². The quantitative estimate of drug-likeness (QED) is 0.577. The van der Waals surface area contributed by atoms with Crippen molar-refractivity contribution >= 4 is 33.4 Å². The van der Waals surface area contributed by atoms with Crippen LogP contribution in [0.15, 0.2) is 59.5 Å². The van der Waals surface area contributed by atoms with Gasteiger partial charge in [-0.3, -0.25) is 9.59 Å². The minimum atomic E-state index is -3.83. The Kier molecular flexibility index (Phi) is 7.35. The van der Waals surface area contributed by atoms with Gasteiger partial charge in [-0.25, -0.2) is 13.1 Å². The zero-order valence-electron chi connectivity index (χ0n) is 14.4. The summed E-state index contributed by atoms with van der Waals surface area (Å²) in [5, 5.41) is 2.62. The number of carbonyl (C=O) groups is 2. The Balaban J connectivity index is 1.89. The number of halogens is 1. The van der Waals surface area contributed by atoms with Gasteiger partial charge in [0.15, 0.2) is 0 Å². The normalized spacial score (nSPS) is 12.3. The SMILES string of the molecule is NC(=O)C(Cc1ccccc1)NC(=O)CCNS(=O)(=O)c1ccccc1Cl. The van der Waals surface area contributed by atoms with Crippen molar-refractivity contribution in [1.29, 1.82) is 0 Å². The van der Waals surface area contributed by atoms with Gasteiger partial charge in [0.05, 0.1) is 5.02 Å². The van der Waals surface area contributed by atoms with E-state index in [1.165, 1.54) is 12.1 Å². The van der Waals surface area contributed by atoms with E-state index in [0.717, 1.165) is 5.56 Å². The van der Waals surface area contributed by atoms with E-state index in [-0.39, 0.29) is 29.3 Å². The molecule has 0 fully saturated rings. The number of sulfonamides is 1. The highest BCUT2D eigenvalue weighted by Gasteiger charge is 2.20. The molecule has 2 aromatic rings. The number of amides is 2. The molecule has 0 aliphatic carbocycles. The highest BCUT2D eigenvalue weighted by molar-refractivity contribution is 7.89. The van der Waals surface area contributed by atoms with Crippen LogP contribution in [-0.2, 0) is 26.0 Å². The van der Waals surface area contributed by atoms with E-state index >= 15 is 0 Å². The van der Waals surface area contributed by atoms with Gasteiger partial charge in [0, 0.05) is 19.4 Å². The van der Waals surface area contributed by atoms with Crippen LogP contribution < -0.4 is 15.8 Å². The third kappa shape index (κ3) is 6.35. The fourth-order valence-electron chi connectivity index (χ4n) is 2.38. The van der Waals surface area contributed by atoms with Gasteiger partial charge in [0.2, 0.25) is 21.8 Å². The fourth-order valence-corrected chi connectivity index (χ4v) is 3.93. The van der Waals surface area contributed by atoms with Gasteiger partial charge >= 0.3 is 0 Å². The van der Waals surface area contributed by atoms with E-state index in [9.17, 15) is 18.0 Å². The van der Waals surface area contributed by atoms with Crippen LogP contribution in [0.4, 0.5) is 0 Å². The first kappa shape index (κ1) is 20.9. The van der Waals surface area contributed by atoms with Crippen LogP contribution in [0.2, 0.25) is 5.02 Å². The van der Waals surface area contributed by atoms with E-state index in [1.54, 1.807) is 12.1 Å². The van der Waals surface area contributed by atoms with Gasteiger partial charge in [-0.1, -0.05) is 54.1 Å². The monoisotopic (exact) mass is 409 g/mol. The molecule has 2 amide bonds. The van der Waals surface area contributed by atoms with Crippen molar-refractivity contribution in [2.45, 2.75) is 23.8 Å². The molecule has 0 saturated carbocycles. The Morgan fingerprint density at radius 2 is 1.67 bits per heavy atom. The minimum Gasteiger partial charge on any atom is -0.368 e. The maximum Gasteiger partial charge on any atom is 0.242 e. The lowest BCUT2D eigenvalue weighted by Crippen LogP contribution is -2.46. The number of benzene rings is 2. The molecule has 0 saturated heterocycles. The van der Waals surface area contributed by atoms with E-state index < -0.39 is 27.9 Å². The van der Waals surface area contributed by atoms with Gasteiger partial charge in [-0.2, -0.15) is 0 Å². The fraction of sp³-hybridized carbons (Fsp3) is 0.222. The third-order valence-electron chi connectivity index (χ3n) is 3.73. The molecule has 2 aromatic carbocycles. The number of hydrogen-bond donors (Lipinski definition) is 3. The average molecular weight is 410 g/mol. The molecule has 0 heterocycles. The van der Waals surface area contributed by atoms with Crippen LogP contribution >= 0.6 is 11.6 Å². The van der Waals surface area contributed by atoms with Gasteiger partial charge in [0.1, 0.15) is 10.9 Å². The average Bonchev–Trinajstić information content (AvgIpc) is 2.62. The van der Waals surface area contributed by atoms with Crippen molar-refractivity contribution in [2.75, 3.05) is 6.54 Å². The molecule has 1 atom stereocenters. The van der Waals surface area contributed by atoms with Crippen molar-refractivity contribution in [1.82, 2.24) is 10.0 Å². The zero-order chi connectivity index (χ0) is 19.9. The van der Waals surface area contributed by atoms with E-state index in [2.05, 4.69) is 10.0 Å². The van der Waals surface area contributed by atoms with Crippen LogP contribution in [0.1, 0.15) is 12.0 Å². The summed E-state index contributed by atoms with van der Waals surface area (Å²) in [5.74, 6) is -1.15. The maximum atomic E-state index is 12.2. The lowest BCUT2D eigenvalue weighted by Gasteiger charge is -2.16. The van der Waals surface area contributed by atoms with Gasteiger partial charge in [0.25, 0.3) is 0 Å². The molecule has 144 valence electrons. The van der Waals surface area contributed by atoms with Crippen LogP contribution in [0, 0.1) is 0 Å². The van der Waals surface area contributed by atoms with Gasteiger partial charge in [-0.05, 0) is 17.7 Å². The van der Waals surface area contributed by atoms with Crippen LogP contribution in [-0.4, -0.2) is 32.8 Å². The molecule has 0 aromatic heterocycles. The summed E-state index contributed by atoms with van der Waals surface area (Å²) in [4.78, 5) is 23.6. The summed E-state index contributed by atoms with van der Waals surface area (Å²) in [6.07, 6.45) is 0.107. The Morgan fingerprint density at radius 3 is 2.30 bits per heavy atom. The molecule has 0 radical (unpaired) electrons. The van der Waals surface area contributed by atoms with E-state index in [4.69, 9.17) is 17.3 Å². The maximum absolute atomic E-state index is 12.2. The van der Waals surface area contributed by atoms with Crippen molar-refractivity contribution in [3.63, 3.8) is 0 Å². The summed E-state index contributed by atoms with van der Waals surface area (Å²) in [6, 6.07) is 14.2. The van der Waals surface area contributed by atoms with Crippen molar-refractivity contribution in [3.05, 3.63) is 65.2 Å². The molecule has 0 aliphatic rings. The summed E-state index contributed by atoms with van der Waals surface area (Å²) < 4.78 is 26.7. The molecule has 27 heavy (non-hydrogen) atoms. The predicted octanol–water partition coefficient (Wildman–Crippen LogP) is 1.22. The molecule has 7 nitrogen and oxygen atoms in total. The molecular weight excluding hydrogens is 390 g/mol. The molecule has 0 bridgehead atoms. The first-order valence-electron chi connectivity index (χ1n) is 8.16. The smallest absolute Gasteiger partial charge is 0.242 e. The second-order valence-corrected chi connectivity index (χ2v) is 7.93. The lowest BCUT2D eigenvalue weighted by molar-refractivity contribution is -0.127. The van der Waals surface area contributed by atoms with Gasteiger partial charge < -0.3 is 11.1 Å². The first-order valence-corrected chi connectivity index (χ1v) is 10.0. The third-order valence-corrected chi connectivity index (χ3v) is 5.69. The molecule has 2 rings (SSSR count). The van der Waals surface area contributed by atoms with Crippen molar-refractivity contribution < 1.29 is 18.0 Å². The number of rotatable bonds is 9. The molecule has 4 N–H and O–H groups in total. The molecule has 0 aliphatic heterocycles. The summed E-state index contributed by atoms with van der Waals surface area (Å²) in [6.45, 7) is -0.143. The second-order valence-electron chi connectivity index (χ2n) is 5.79. The highest BCUT2D eigenvalue weighted by Crippen LogP contribution is 2.19. The van der Waals surface area contributed by atoms with Gasteiger partial charge in [-0.15, -0.1) is 0 Å². The minimum absolute atomic E-state index is 0.0637. The number of hydrogen-bond acceptors (Lipinski definition) is 4. The summed E-state index contributed by atoms with van der Waals surface area (Å²) in [5.41, 5.74) is 6.19. The largest absolute Gasteiger partial charge is 0.368 e. The first-order chi connectivity index (χ1) is 12.8. The molecular formula is C18H20ClN3O4S.